The Labute approximate surface area is 226 Å². The van der Waals surface area contributed by atoms with E-state index in [2.05, 4.69) is 15.3 Å². The van der Waals surface area contributed by atoms with Gasteiger partial charge >= 0.3 is 5.69 Å². The Morgan fingerprint density at radius 1 is 1.16 bits per heavy atom. The van der Waals surface area contributed by atoms with Crippen molar-refractivity contribution >= 4 is 17.5 Å². The van der Waals surface area contributed by atoms with Crippen molar-refractivity contribution in [2.24, 2.45) is 0 Å². The minimum absolute atomic E-state index is 0.0882. The molecule has 2 fully saturated rings. The quantitative estimate of drug-likeness (QED) is 0.455. The second-order valence-corrected chi connectivity index (χ2v) is 11.0. The van der Waals surface area contributed by atoms with Crippen LogP contribution in [0.1, 0.15) is 45.1 Å². The highest BCUT2D eigenvalue weighted by molar-refractivity contribution is 6.31. The highest BCUT2D eigenvalue weighted by atomic mass is 35.5. The summed E-state index contributed by atoms with van der Waals surface area (Å²) in [6.07, 6.45) is 4.73. The van der Waals surface area contributed by atoms with Crippen molar-refractivity contribution < 1.29 is 14.3 Å². The van der Waals surface area contributed by atoms with Crippen LogP contribution in [-0.4, -0.2) is 61.0 Å². The summed E-state index contributed by atoms with van der Waals surface area (Å²) in [5, 5.41) is 17.3. The number of fused-ring (bicyclic) bond motifs is 2. The van der Waals surface area contributed by atoms with Crippen LogP contribution in [-0.2, 0) is 17.8 Å². The van der Waals surface area contributed by atoms with Gasteiger partial charge in [-0.05, 0) is 81.8 Å². The van der Waals surface area contributed by atoms with Crippen LogP contribution in [0.25, 0.3) is 17.1 Å². The maximum Gasteiger partial charge on any atom is 0.351 e. The molecular weight excluding hydrogens is 509 g/mol. The molecule has 8 nitrogen and oxygen atoms in total. The summed E-state index contributed by atoms with van der Waals surface area (Å²) >= 11 is 5.99. The van der Waals surface area contributed by atoms with Gasteiger partial charge in [-0.1, -0.05) is 23.7 Å². The predicted octanol–water partition coefficient (Wildman–Crippen LogP) is 3.55. The molecule has 2 aliphatic heterocycles. The van der Waals surface area contributed by atoms with E-state index in [-0.39, 0.29) is 35.4 Å². The van der Waals surface area contributed by atoms with Crippen molar-refractivity contribution in [3.05, 3.63) is 69.4 Å². The number of nitrogens with zero attached hydrogens (tertiary/aromatic N) is 4. The van der Waals surface area contributed by atoms with Crippen LogP contribution in [0.4, 0.5) is 4.39 Å². The lowest BCUT2D eigenvalue weighted by atomic mass is 9.99. The molecule has 2 aromatic carbocycles. The molecule has 0 saturated carbocycles. The number of benzene rings is 2. The second kappa shape index (κ2) is 11.0. The largest absolute Gasteiger partial charge is 0.393 e. The van der Waals surface area contributed by atoms with E-state index in [1.165, 1.54) is 27.4 Å². The normalized spacial score (nSPS) is 21.3. The van der Waals surface area contributed by atoms with Crippen molar-refractivity contribution in [1.82, 2.24) is 24.6 Å². The number of aliphatic hydroxyl groups is 1. The number of amides is 1. The summed E-state index contributed by atoms with van der Waals surface area (Å²) < 4.78 is 16.3. The van der Waals surface area contributed by atoms with Gasteiger partial charge in [0.15, 0.2) is 5.82 Å². The van der Waals surface area contributed by atoms with Crippen LogP contribution < -0.4 is 11.0 Å². The van der Waals surface area contributed by atoms with Crippen LogP contribution in [0.15, 0.2) is 47.3 Å². The summed E-state index contributed by atoms with van der Waals surface area (Å²) in [4.78, 5) is 28.5. The zero-order valence-corrected chi connectivity index (χ0v) is 22.4. The van der Waals surface area contributed by atoms with Crippen molar-refractivity contribution in [3.63, 3.8) is 0 Å². The van der Waals surface area contributed by atoms with Gasteiger partial charge in [-0.25, -0.2) is 9.18 Å². The number of halogens is 2. The van der Waals surface area contributed by atoms with Gasteiger partial charge in [0.1, 0.15) is 12.4 Å². The zero-order chi connectivity index (χ0) is 27.0. The molecule has 2 N–H and O–H groups in total. The summed E-state index contributed by atoms with van der Waals surface area (Å²) in [5.74, 6) is -0.682. The number of piperidine rings is 1. The molecule has 2 saturated heterocycles. The topological polar surface area (TPSA) is 92.4 Å². The third kappa shape index (κ3) is 5.55. The van der Waals surface area contributed by atoms with Gasteiger partial charge in [0.2, 0.25) is 5.91 Å². The third-order valence-electron chi connectivity index (χ3n) is 7.49. The van der Waals surface area contributed by atoms with E-state index >= 15 is 0 Å². The first kappa shape index (κ1) is 26.6. The number of rotatable bonds is 8. The Kier molecular flexibility index (Phi) is 7.70. The maximum absolute atomic E-state index is 13.8. The average Bonchev–Trinajstić information content (AvgIpc) is 3.31. The fraction of sp³-hybridized carbons (Fsp3) is 0.464. The number of nitrogens with one attached hydrogen (secondary N) is 1. The Hall–Kier alpha value is -3.01. The van der Waals surface area contributed by atoms with Gasteiger partial charge in [0, 0.05) is 30.2 Å². The number of hydrogen-bond donors (Lipinski definition) is 2. The average molecular weight is 542 g/mol. The Morgan fingerprint density at radius 3 is 2.47 bits per heavy atom. The second-order valence-electron chi connectivity index (χ2n) is 10.6. The van der Waals surface area contributed by atoms with Gasteiger partial charge in [0.05, 0.1) is 16.8 Å². The SMILES string of the molecule is CC(C)NC(=O)Cn1c(-c2ccc(F)c(Cl)c2)nn(-c2ccc(CCN3C4CCC3CC(O)C4)cc2)c1=O. The van der Waals surface area contributed by atoms with E-state index < -0.39 is 11.5 Å². The Morgan fingerprint density at radius 2 is 1.84 bits per heavy atom. The minimum Gasteiger partial charge on any atom is -0.393 e. The molecule has 2 atom stereocenters. The molecule has 3 heterocycles. The fourth-order valence-electron chi connectivity index (χ4n) is 5.74. The number of aliphatic hydroxyl groups excluding tert-OH is 1. The first-order chi connectivity index (χ1) is 18.2. The maximum atomic E-state index is 13.8. The monoisotopic (exact) mass is 541 g/mol. The van der Waals surface area contributed by atoms with Gasteiger partial charge < -0.3 is 10.4 Å². The highest BCUT2D eigenvalue weighted by Crippen LogP contribution is 2.35. The van der Waals surface area contributed by atoms with Gasteiger partial charge in [-0.15, -0.1) is 5.10 Å². The van der Waals surface area contributed by atoms with Gasteiger partial charge in [-0.2, -0.15) is 4.68 Å². The Balaban J connectivity index is 1.38. The first-order valence-corrected chi connectivity index (χ1v) is 13.5. The van der Waals surface area contributed by atoms with Crippen molar-refractivity contribution in [1.29, 1.82) is 0 Å². The van der Waals surface area contributed by atoms with Crippen LogP contribution in [0.2, 0.25) is 5.02 Å². The standard InChI is InChI=1S/C28H33ClFN5O3/c1-17(2)31-26(37)16-34-27(19-5-10-25(30)24(29)13-19)32-35(28(34)38)20-6-3-18(4-7-20)11-12-33-21-8-9-22(33)15-23(36)14-21/h3-7,10,13,17,21-23,36H,8-9,11-12,14-16H2,1-2H3,(H,31,37). The molecule has 2 bridgehead atoms. The van der Waals surface area contributed by atoms with E-state index in [4.69, 9.17) is 11.6 Å². The summed E-state index contributed by atoms with van der Waals surface area (Å²) in [6.45, 7) is 4.39. The lowest BCUT2D eigenvalue weighted by molar-refractivity contribution is -0.122. The first-order valence-electron chi connectivity index (χ1n) is 13.2. The lowest BCUT2D eigenvalue weighted by Crippen LogP contribution is -2.45. The minimum atomic E-state index is -0.578. The fourth-order valence-corrected chi connectivity index (χ4v) is 5.92. The summed E-state index contributed by atoms with van der Waals surface area (Å²) in [7, 11) is 0. The van der Waals surface area contributed by atoms with Crippen LogP contribution in [0.5, 0.6) is 0 Å². The van der Waals surface area contributed by atoms with E-state index in [1.54, 1.807) is 0 Å². The molecule has 0 spiro atoms. The zero-order valence-electron chi connectivity index (χ0n) is 21.6. The van der Waals surface area contributed by atoms with E-state index in [9.17, 15) is 19.1 Å². The smallest absolute Gasteiger partial charge is 0.351 e. The van der Waals surface area contributed by atoms with E-state index in [0.717, 1.165) is 44.2 Å². The van der Waals surface area contributed by atoms with Crippen molar-refractivity contribution in [2.45, 2.75) is 76.7 Å². The molecule has 1 aromatic heterocycles. The van der Waals surface area contributed by atoms with Crippen molar-refractivity contribution in [3.8, 4) is 17.1 Å². The number of carbonyl (C=O) groups is 1. The van der Waals surface area contributed by atoms with Crippen LogP contribution in [0, 0.1) is 5.82 Å². The summed E-state index contributed by atoms with van der Waals surface area (Å²) in [6, 6.07) is 12.6. The van der Waals surface area contributed by atoms with Gasteiger partial charge in [0.25, 0.3) is 0 Å². The molecule has 2 aliphatic rings. The van der Waals surface area contributed by atoms with Crippen LogP contribution >= 0.6 is 11.6 Å². The summed E-state index contributed by atoms with van der Waals surface area (Å²) in [5.41, 5.74) is 1.67. The number of hydrogen-bond acceptors (Lipinski definition) is 5. The molecule has 0 aliphatic carbocycles. The third-order valence-corrected chi connectivity index (χ3v) is 7.78. The molecule has 3 aromatic rings. The molecule has 202 valence electrons. The molecule has 5 rings (SSSR count). The highest BCUT2D eigenvalue weighted by Gasteiger charge is 2.39. The Bertz CT molecular complexity index is 1360. The van der Waals surface area contributed by atoms with Crippen molar-refractivity contribution in [2.75, 3.05) is 6.54 Å². The molecule has 0 radical (unpaired) electrons. The lowest BCUT2D eigenvalue weighted by Gasteiger charge is -2.37. The van der Waals surface area contributed by atoms with Gasteiger partial charge in [-0.3, -0.25) is 14.3 Å². The van der Waals surface area contributed by atoms with E-state index in [1.807, 2.05) is 38.1 Å². The molecular formula is C28H33ClFN5O3. The van der Waals surface area contributed by atoms with Crippen LogP contribution in [0.3, 0.4) is 0 Å². The predicted molar refractivity (Wildman–Crippen MR) is 144 cm³/mol. The number of carbonyl (C=O) groups excluding carboxylic acids is 1. The molecule has 1 amide bonds. The molecule has 38 heavy (non-hydrogen) atoms. The van der Waals surface area contributed by atoms with E-state index in [0.29, 0.717) is 23.3 Å². The molecule has 2 unspecified atom stereocenters. The number of aromatic nitrogens is 3. The molecule has 10 heteroatoms.